The lowest BCUT2D eigenvalue weighted by molar-refractivity contribution is 0.0969. The highest BCUT2D eigenvalue weighted by Gasteiger charge is 2.25. The van der Waals surface area contributed by atoms with Gasteiger partial charge in [0.15, 0.2) is 0 Å². The molecule has 3 N–H and O–H groups in total. The molecule has 2 unspecified atom stereocenters. The number of nitrogens with two attached hydrogens (primary N) is 1. The Morgan fingerprint density at radius 2 is 2.25 bits per heavy atom. The molecule has 0 aliphatic carbocycles. The molecule has 0 spiro atoms. The smallest absolute Gasteiger partial charge is 0.222 e. The predicted molar refractivity (Wildman–Crippen MR) is 63.2 cm³/mol. The Balaban J connectivity index is 2.18. The molecule has 5 nitrogen and oxygen atoms in total. The Morgan fingerprint density at radius 3 is 2.88 bits per heavy atom. The molecule has 1 saturated heterocycles. The Bertz CT molecular complexity index is 362. The SMILES string of the molecule is Cc1cc(N2CCC(O)C(C)C2)nc(N)n1. The zero-order valence-corrected chi connectivity index (χ0v) is 9.72. The third-order valence-corrected chi connectivity index (χ3v) is 3.04. The first-order valence-corrected chi connectivity index (χ1v) is 5.60. The largest absolute Gasteiger partial charge is 0.393 e. The van der Waals surface area contributed by atoms with E-state index in [1.54, 1.807) is 0 Å². The maximum atomic E-state index is 9.67. The zero-order chi connectivity index (χ0) is 11.7. The number of aryl methyl sites for hydroxylation is 1. The Labute approximate surface area is 95.3 Å². The van der Waals surface area contributed by atoms with E-state index in [9.17, 15) is 5.11 Å². The molecule has 1 aliphatic heterocycles. The second-order valence-corrected chi connectivity index (χ2v) is 4.51. The lowest BCUT2D eigenvalue weighted by Gasteiger charge is -2.35. The van der Waals surface area contributed by atoms with Gasteiger partial charge in [0.1, 0.15) is 5.82 Å². The van der Waals surface area contributed by atoms with Crippen LogP contribution >= 0.6 is 0 Å². The number of hydrogen-bond donors (Lipinski definition) is 2. The molecule has 88 valence electrons. The molecular weight excluding hydrogens is 204 g/mol. The minimum absolute atomic E-state index is 0.198. The highest BCUT2D eigenvalue weighted by atomic mass is 16.3. The summed E-state index contributed by atoms with van der Waals surface area (Å²) in [6, 6.07) is 1.93. The van der Waals surface area contributed by atoms with E-state index in [1.165, 1.54) is 0 Å². The van der Waals surface area contributed by atoms with Crippen molar-refractivity contribution in [1.82, 2.24) is 9.97 Å². The monoisotopic (exact) mass is 222 g/mol. The van der Waals surface area contributed by atoms with Gasteiger partial charge in [-0.3, -0.25) is 0 Å². The van der Waals surface area contributed by atoms with Gasteiger partial charge in [-0.15, -0.1) is 0 Å². The van der Waals surface area contributed by atoms with Crippen molar-refractivity contribution in [2.75, 3.05) is 23.7 Å². The second kappa shape index (κ2) is 4.25. The summed E-state index contributed by atoms with van der Waals surface area (Å²) in [5, 5.41) is 9.67. The average molecular weight is 222 g/mol. The number of aromatic nitrogens is 2. The number of rotatable bonds is 1. The molecule has 0 amide bonds. The second-order valence-electron chi connectivity index (χ2n) is 4.51. The van der Waals surface area contributed by atoms with Gasteiger partial charge in [-0.05, 0) is 19.3 Å². The lowest BCUT2D eigenvalue weighted by atomic mass is 9.97. The number of nitrogen functional groups attached to an aromatic ring is 1. The molecule has 0 saturated carbocycles. The lowest BCUT2D eigenvalue weighted by Crippen LogP contribution is -2.42. The van der Waals surface area contributed by atoms with E-state index in [0.717, 1.165) is 31.0 Å². The molecule has 0 bridgehead atoms. The van der Waals surface area contributed by atoms with Crippen LogP contribution in [0.4, 0.5) is 11.8 Å². The van der Waals surface area contributed by atoms with E-state index in [-0.39, 0.29) is 12.0 Å². The summed E-state index contributed by atoms with van der Waals surface area (Å²) in [7, 11) is 0. The summed E-state index contributed by atoms with van der Waals surface area (Å²) >= 11 is 0. The van der Waals surface area contributed by atoms with Crippen molar-refractivity contribution in [1.29, 1.82) is 0 Å². The topological polar surface area (TPSA) is 75.3 Å². The summed E-state index contributed by atoms with van der Waals surface area (Å²) in [4.78, 5) is 10.4. The van der Waals surface area contributed by atoms with Crippen LogP contribution in [-0.2, 0) is 0 Å². The first-order valence-electron chi connectivity index (χ1n) is 5.60. The summed E-state index contributed by atoms with van der Waals surface area (Å²) in [5.41, 5.74) is 6.51. The maximum Gasteiger partial charge on any atom is 0.222 e. The van der Waals surface area contributed by atoms with Gasteiger partial charge < -0.3 is 15.7 Å². The molecule has 2 rings (SSSR count). The number of nitrogens with zero attached hydrogens (tertiary/aromatic N) is 3. The molecule has 0 aromatic carbocycles. The highest BCUT2D eigenvalue weighted by molar-refractivity contribution is 5.43. The highest BCUT2D eigenvalue weighted by Crippen LogP contribution is 2.22. The van der Waals surface area contributed by atoms with E-state index in [0.29, 0.717) is 5.95 Å². The molecule has 1 fully saturated rings. The fourth-order valence-electron chi connectivity index (χ4n) is 2.08. The van der Waals surface area contributed by atoms with Gasteiger partial charge in [0.25, 0.3) is 0 Å². The van der Waals surface area contributed by atoms with Crippen LogP contribution in [0.5, 0.6) is 0 Å². The van der Waals surface area contributed by atoms with Crippen LogP contribution in [0.25, 0.3) is 0 Å². The number of piperidine rings is 1. The molecule has 1 aromatic rings. The first kappa shape index (κ1) is 11.1. The van der Waals surface area contributed by atoms with Gasteiger partial charge in [-0.25, -0.2) is 4.98 Å². The van der Waals surface area contributed by atoms with E-state index >= 15 is 0 Å². The van der Waals surface area contributed by atoms with Gasteiger partial charge in [0.05, 0.1) is 6.10 Å². The average Bonchev–Trinajstić information content (AvgIpc) is 2.20. The van der Waals surface area contributed by atoms with Crippen LogP contribution in [0.15, 0.2) is 6.07 Å². The zero-order valence-electron chi connectivity index (χ0n) is 9.72. The molecule has 5 heteroatoms. The van der Waals surface area contributed by atoms with E-state index in [1.807, 2.05) is 19.9 Å². The summed E-state index contributed by atoms with van der Waals surface area (Å²) in [6.07, 6.45) is 0.584. The number of aliphatic hydroxyl groups is 1. The Kier molecular flexibility index (Phi) is 2.96. The summed E-state index contributed by atoms with van der Waals surface area (Å²) in [6.45, 7) is 5.59. The van der Waals surface area contributed by atoms with Crippen molar-refractivity contribution in [2.24, 2.45) is 5.92 Å². The van der Waals surface area contributed by atoms with E-state index in [2.05, 4.69) is 14.9 Å². The van der Waals surface area contributed by atoms with Crippen LogP contribution in [-0.4, -0.2) is 34.3 Å². The van der Waals surface area contributed by atoms with Gasteiger partial charge in [0, 0.05) is 24.8 Å². The van der Waals surface area contributed by atoms with Crippen molar-refractivity contribution in [3.8, 4) is 0 Å². The van der Waals surface area contributed by atoms with Gasteiger partial charge in [-0.1, -0.05) is 6.92 Å². The quantitative estimate of drug-likeness (QED) is 0.726. The van der Waals surface area contributed by atoms with Gasteiger partial charge in [0.2, 0.25) is 5.95 Å². The van der Waals surface area contributed by atoms with Crippen molar-refractivity contribution >= 4 is 11.8 Å². The minimum Gasteiger partial charge on any atom is -0.393 e. The van der Waals surface area contributed by atoms with Crippen molar-refractivity contribution in [2.45, 2.75) is 26.4 Å². The normalized spacial score (nSPS) is 25.8. The number of hydrogen-bond acceptors (Lipinski definition) is 5. The Morgan fingerprint density at radius 1 is 1.50 bits per heavy atom. The Hall–Kier alpha value is -1.36. The molecule has 1 aliphatic rings. The molecule has 0 radical (unpaired) electrons. The molecule has 2 atom stereocenters. The first-order chi connectivity index (χ1) is 7.56. The van der Waals surface area contributed by atoms with Crippen LogP contribution in [0.2, 0.25) is 0 Å². The molecule has 16 heavy (non-hydrogen) atoms. The fraction of sp³-hybridized carbons (Fsp3) is 0.636. The maximum absolute atomic E-state index is 9.67. The van der Waals surface area contributed by atoms with Gasteiger partial charge in [-0.2, -0.15) is 4.98 Å². The van der Waals surface area contributed by atoms with E-state index in [4.69, 9.17) is 5.73 Å². The minimum atomic E-state index is -0.198. The van der Waals surface area contributed by atoms with Crippen LogP contribution in [0.3, 0.4) is 0 Å². The van der Waals surface area contributed by atoms with Crippen molar-refractivity contribution in [3.05, 3.63) is 11.8 Å². The van der Waals surface area contributed by atoms with Crippen molar-refractivity contribution in [3.63, 3.8) is 0 Å². The molecule has 1 aromatic heterocycles. The fourth-order valence-corrected chi connectivity index (χ4v) is 2.08. The van der Waals surface area contributed by atoms with Crippen LogP contribution in [0, 0.1) is 12.8 Å². The van der Waals surface area contributed by atoms with Crippen LogP contribution in [0.1, 0.15) is 19.0 Å². The molecular formula is C11H18N4O. The number of aliphatic hydroxyl groups excluding tert-OH is 1. The van der Waals surface area contributed by atoms with Crippen LogP contribution < -0.4 is 10.6 Å². The summed E-state index contributed by atoms with van der Waals surface area (Å²) in [5.74, 6) is 1.45. The third kappa shape index (κ3) is 2.24. The number of anilines is 2. The standard InChI is InChI=1S/C11H18N4O/c1-7-6-15(4-3-9(7)16)10-5-8(2)13-11(12)14-10/h5,7,9,16H,3-4,6H2,1-2H3,(H2,12,13,14). The van der Waals surface area contributed by atoms with E-state index < -0.39 is 0 Å². The third-order valence-electron chi connectivity index (χ3n) is 3.04. The summed E-state index contributed by atoms with van der Waals surface area (Å²) < 4.78 is 0. The molecule has 2 heterocycles. The predicted octanol–water partition coefficient (Wildman–Crippen LogP) is 0.574. The van der Waals surface area contributed by atoms with Gasteiger partial charge >= 0.3 is 0 Å². The van der Waals surface area contributed by atoms with Crippen molar-refractivity contribution < 1.29 is 5.11 Å².